The fourth-order valence-corrected chi connectivity index (χ4v) is 2.11. The van der Waals surface area contributed by atoms with E-state index in [1.807, 2.05) is 6.07 Å². The lowest BCUT2D eigenvalue weighted by Crippen LogP contribution is -1.98. The van der Waals surface area contributed by atoms with Crippen LogP contribution in [0.1, 0.15) is 16.7 Å². The van der Waals surface area contributed by atoms with Gasteiger partial charge < -0.3 is 0 Å². The molecule has 1 aromatic rings. The van der Waals surface area contributed by atoms with E-state index >= 15 is 0 Å². The molecule has 0 fully saturated rings. The number of halogens is 1. The van der Waals surface area contributed by atoms with Crippen LogP contribution in [0.5, 0.6) is 0 Å². The van der Waals surface area contributed by atoms with Gasteiger partial charge in [0.2, 0.25) is 0 Å². The fourth-order valence-electron chi connectivity index (χ4n) is 1.25. The van der Waals surface area contributed by atoms with Crippen LogP contribution in [0.2, 0.25) is 0 Å². The minimum Gasteiger partial charge on any atom is -0.189 e. The van der Waals surface area contributed by atoms with E-state index in [1.54, 1.807) is 20.8 Å². The third-order valence-corrected chi connectivity index (χ3v) is 2.98. The van der Waals surface area contributed by atoms with Crippen molar-refractivity contribution in [3.8, 4) is 0 Å². The monoisotopic (exact) mass is 202 g/mol. The van der Waals surface area contributed by atoms with Gasteiger partial charge in [0.05, 0.1) is 0 Å². The maximum atomic E-state index is 12.7. The lowest BCUT2D eigenvalue weighted by molar-refractivity contribution is 0.551. The summed E-state index contributed by atoms with van der Waals surface area (Å²) in [5, 5.41) is 0. The Morgan fingerprint density at radius 2 is 1.69 bits per heavy atom. The first kappa shape index (κ1) is 10.2. The highest BCUT2D eigenvalue weighted by molar-refractivity contribution is 7.86. The largest absolute Gasteiger partial charge is 0.332 e. The van der Waals surface area contributed by atoms with Crippen LogP contribution >= 0.6 is 0 Å². The van der Waals surface area contributed by atoms with E-state index in [1.165, 1.54) is 6.07 Å². The molecule has 0 aliphatic carbocycles. The molecular formula is C9H11FO2S. The molecule has 0 atom stereocenters. The van der Waals surface area contributed by atoms with Crippen molar-refractivity contribution in [2.75, 3.05) is 0 Å². The Bertz CT molecular complexity index is 435. The molecule has 0 saturated heterocycles. The third kappa shape index (κ3) is 2.06. The number of aryl methyl sites for hydroxylation is 2. The Kier molecular flexibility index (Phi) is 2.43. The van der Waals surface area contributed by atoms with Crippen LogP contribution in [0.4, 0.5) is 3.89 Å². The second-order valence-corrected chi connectivity index (χ2v) is 4.46. The molecule has 0 aliphatic heterocycles. The van der Waals surface area contributed by atoms with Gasteiger partial charge in [-0.3, -0.25) is 0 Å². The molecule has 0 N–H and O–H groups in total. The summed E-state index contributed by atoms with van der Waals surface area (Å²) in [4.78, 5) is -0.218. The predicted octanol–water partition coefficient (Wildman–Crippen LogP) is 2.27. The molecule has 1 aromatic carbocycles. The summed E-state index contributed by atoms with van der Waals surface area (Å²) in [6.45, 7) is 5.10. The van der Waals surface area contributed by atoms with Crippen molar-refractivity contribution in [1.29, 1.82) is 0 Å². The van der Waals surface area contributed by atoms with Crippen molar-refractivity contribution >= 4 is 10.2 Å². The lowest BCUT2D eigenvalue weighted by Gasteiger charge is -2.05. The molecule has 0 spiro atoms. The number of rotatable bonds is 1. The molecule has 13 heavy (non-hydrogen) atoms. The summed E-state index contributed by atoms with van der Waals surface area (Å²) in [6.07, 6.45) is 0. The zero-order valence-corrected chi connectivity index (χ0v) is 8.57. The van der Waals surface area contributed by atoms with Gasteiger partial charge in [0.25, 0.3) is 0 Å². The predicted molar refractivity (Wildman–Crippen MR) is 48.9 cm³/mol. The first-order valence-electron chi connectivity index (χ1n) is 3.85. The van der Waals surface area contributed by atoms with E-state index in [4.69, 9.17) is 0 Å². The van der Waals surface area contributed by atoms with E-state index in [0.29, 0.717) is 5.56 Å². The Morgan fingerprint density at radius 3 is 2.15 bits per heavy atom. The quantitative estimate of drug-likeness (QED) is 0.655. The van der Waals surface area contributed by atoms with E-state index in [-0.39, 0.29) is 4.90 Å². The summed E-state index contributed by atoms with van der Waals surface area (Å²) in [6, 6.07) is 3.17. The van der Waals surface area contributed by atoms with Crippen LogP contribution in [-0.4, -0.2) is 8.42 Å². The van der Waals surface area contributed by atoms with Gasteiger partial charge in [-0.2, -0.15) is 8.42 Å². The van der Waals surface area contributed by atoms with Crippen molar-refractivity contribution in [2.45, 2.75) is 25.7 Å². The molecular weight excluding hydrogens is 191 g/mol. The highest BCUT2D eigenvalue weighted by Gasteiger charge is 2.16. The molecule has 0 bridgehead atoms. The molecule has 4 heteroatoms. The minimum atomic E-state index is -4.58. The zero-order valence-electron chi connectivity index (χ0n) is 7.76. The molecule has 0 unspecified atom stereocenters. The maximum absolute atomic E-state index is 12.7. The Balaban J connectivity index is 3.56. The van der Waals surface area contributed by atoms with Crippen LogP contribution in [0.25, 0.3) is 0 Å². The molecule has 2 nitrogen and oxygen atoms in total. The van der Waals surface area contributed by atoms with Crippen molar-refractivity contribution in [1.82, 2.24) is 0 Å². The fraction of sp³-hybridized carbons (Fsp3) is 0.333. The van der Waals surface area contributed by atoms with Crippen molar-refractivity contribution in [3.05, 3.63) is 28.8 Å². The lowest BCUT2D eigenvalue weighted by atomic mass is 10.1. The summed E-state index contributed by atoms with van der Waals surface area (Å²) in [5.74, 6) is 0. The van der Waals surface area contributed by atoms with E-state index in [2.05, 4.69) is 0 Å². The highest BCUT2D eigenvalue weighted by Crippen LogP contribution is 2.22. The summed E-state index contributed by atoms with van der Waals surface area (Å²) in [5.41, 5.74) is 2.02. The smallest absolute Gasteiger partial charge is 0.189 e. The topological polar surface area (TPSA) is 34.1 Å². The van der Waals surface area contributed by atoms with Crippen LogP contribution in [0, 0.1) is 20.8 Å². The highest BCUT2D eigenvalue weighted by atomic mass is 32.3. The molecule has 0 radical (unpaired) electrons. The summed E-state index contributed by atoms with van der Waals surface area (Å²) in [7, 11) is -4.58. The molecule has 0 aliphatic rings. The van der Waals surface area contributed by atoms with Crippen LogP contribution in [-0.2, 0) is 10.2 Å². The standard InChI is InChI=1S/C9H11FO2S/c1-6-4-7(2)8(3)9(5-6)13(10,11)12/h4-5H,1-3H3. The van der Waals surface area contributed by atoms with Crippen molar-refractivity contribution in [2.24, 2.45) is 0 Å². The average molecular weight is 202 g/mol. The van der Waals surface area contributed by atoms with Crippen LogP contribution in [0.3, 0.4) is 0 Å². The third-order valence-electron chi connectivity index (χ3n) is 2.03. The number of hydrogen-bond acceptors (Lipinski definition) is 2. The van der Waals surface area contributed by atoms with E-state index in [9.17, 15) is 12.3 Å². The first-order chi connectivity index (χ1) is 5.82. The van der Waals surface area contributed by atoms with Gasteiger partial charge in [0, 0.05) is 0 Å². The average Bonchev–Trinajstić information content (AvgIpc) is 1.94. The summed E-state index contributed by atoms with van der Waals surface area (Å²) >= 11 is 0. The molecule has 0 saturated carbocycles. The second kappa shape index (κ2) is 3.10. The van der Waals surface area contributed by atoms with E-state index in [0.717, 1.165) is 11.1 Å². The van der Waals surface area contributed by atoms with Gasteiger partial charge in [-0.1, -0.05) is 6.07 Å². The molecule has 0 aromatic heterocycles. The van der Waals surface area contributed by atoms with Gasteiger partial charge in [-0.15, -0.1) is 3.89 Å². The van der Waals surface area contributed by atoms with Crippen LogP contribution < -0.4 is 0 Å². The van der Waals surface area contributed by atoms with Crippen LogP contribution in [0.15, 0.2) is 17.0 Å². The first-order valence-corrected chi connectivity index (χ1v) is 5.23. The molecule has 1 rings (SSSR count). The van der Waals surface area contributed by atoms with Crippen molar-refractivity contribution in [3.63, 3.8) is 0 Å². The zero-order chi connectivity index (χ0) is 10.2. The minimum absolute atomic E-state index is 0.218. The number of benzene rings is 1. The van der Waals surface area contributed by atoms with Gasteiger partial charge >= 0.3 is 10.2 Å². The van der Waals surface area contributed by atoms with E-state index < -0.39 is 10.2 Å². The number of hydrogen-bond donors (Lipinski definition) is 0. The van der Waals surface area contributed by atoms with Gasteiger partial charge in [0.1, 0.15) is 4.90 Å². The molecule has 0 heterocycles. The normalized spacial score (nSPS) is 11.7. The Labute approximate surface area is 77.6 Å². The second-order valence-electron chi connectivity index (χ2n) is 3.14. The van der Waals surface area contributed by atoms with Crippen molar-refractivity contribution < 1.29 is 12.3 Å². The summed E-state index contributed by atoms with van der Waals surface area (Å²) < 4.78 is 34.1. The Hall–Kier alpha value is -0.900. The SMILES string of the molecule is Cc1cc(C)c(C)c(S(=O)(=O)F)c1. The maximum Gasteiger partial charge on any atom is 0.332 e. The molecule has 72 valence electrons. The Morgan fingerprint density at radius 1 is 1.15 bits per heavy atom. The van der Waals surface area contributed by atoms with Gasteiger partial charge in [0.15, 0.2) is 0 Å². The van der Waals surface area contributed by atoms with Gasteiger partial charge in [-0.05, 0) is 43.5 Å². The van der Waals surface area contributed by atoms with Gasteiger partial charge in [-0.25, -0.2) is 0 Å². The molecule has 0 amide bonds.